The molecule has 2 unspecified atom stereocenters. The van der Waals surface area contributed by atoms with Crippen LogP contribution >= 0.6 is 0 Å². The number of rotatable bonds is 3. The van der Waals surface area contributed by atoms with E-state index in [4.69, 9.17) is 15.0 Å². The lowest BCUT2D eigenvalue weighted by Crippen LogP contribution is -2.37. The number of ether oxygens (including phenoxy) is 1. The summed E-state index contributed by atoms with van der Waals surface area (Å²) < 4.78 is 11.1. The quantitative estimate of drug-likeness (QED) is 0.850. The van der Waals surface area contributed by atoms with Crippen LogP contribution in [0.4, 0.5) is 0 Å². The van der Waals surface area contributed by atoms with Crippen molar-refractivity contribution in [2.75, 3.05) is 7.11 Å². The summed E-state index contributed by atoms with van der Waals surface area (Å²) in [6, 6.07) is 0.149. The Morgan fingerprint density at radius 3 is 2.68 bits per heavy atom. The average molecular weight is 265 g/mol. The Balaban J connectivity index is 1.80. The van der Waals surface area contributed by atoms with E-state index in [0.717, 1.165) is 25.7 Å². The van der Waals surface area contributed by atoms with E-state index in [2.05, 4.69) is 10.1 Å². The second-order valence-electron chi connectivity index (χ2n) is 5.92. The van der Waals surface area contributed by atoms with Crippen molar-refractivity contribution >= 4 is 0 Å². The average Bonchev–Trinajstić information content (AvgIpc) is 2.73. The van der Waals surface area contributed by atoms with Crippen molar-refractivity contribution in [3.8, 4) is 0 Å². The zero-order valence-corrected chi connectivity index (χ0v) is 11.6. The summed E-state index contributed by atoms with van der Waals surface area (Å²) in [5, 5.41) is 4.15. The lowest BCUT2D eigenvalue weighted by atomic mass is 9.79. The Morgan fingerprint density at radius 2 is 2.00 bits per heavy atom. The van der Waals surface area contributed by atoms with E-state index in [9.17, 15) is 0 Å². The predicted octanol–water partition coefficient (Wildman–Crippen LogP) is 2.47. The summed E-state index contributed by atoms with van der Waals surface area (Å²) in [6.07, 6.45) is 8.92. The van der Waals surface area contributed by atoms with Crippen molar-refractivity contribution in [2.24, 2.45) is 5.73 Å². The molecule has 2 aliphatic carbocycles. The molecule has 0 saturated heterocycles. The second-order valence-corrected chi connectivity index (χ2v) is 5.92. The van der Waals surface area contributed by atoms with E-state index < -0.39 is 0 Å². The zero-order valence-electron chi connectivity index (χ0n) is 11.6. The molecule has 2 N–H and O–H groups in total. The fourth-order valence-electron chi connectivity index (χ4n) is 3.23. The van der Waals surface area contributed by atoms with Crippen LogP contribution in [0.5, 0.6) is 0 Å². The maximum atomic E-state index is 6.25. The zero-order chi connectivity index (χ0) is 13.3. The van der Waals surface area contributed by atoms with E-state index in [-0.39, 0.29) is 17.6 Å². The molecule has 0 amide bonds. The summed E-state index contributed by atoms with van der Waals surface area (Å²) in [4.78, 5) is 4.61. The highest BCUT2D eigenvalue weighted by atomic mass is 16.5. The molecule has 2 aliphatic rings. The number of methoxy groups -OCH3 is 1. The molecule has 19 heavy (non-hydrogen) atoms. The smallest absolute Gasteiger partial charge is 0.231 e. The highest BCUT2D eigenvalue weighted by Crippen LogP contribution is 2.43. The van der Waals surface area contributed by atoms with E-state index in [1.54, 1.807) is 7.11 Å². The van der Waals surface area contributed by atoms with Crippen LogP contribution < -0.4 is 5.73 Å². The van der Waals surface area contributed by atoms with Crippen LogP contribution in [-0.4, -0.2) is 23.3 Å². The molecule has 0 spiro atoms. The first kappa shape index (κ1) is 13.1. The Kier molecular flexibility index (Phi) is 3.58. The van der Waals surface area contributed by atoms with Gasteiger partial charge in [0.15, 0.2) is 0 Å². The summed E-state index contributed by atoms with van der Waals surface area (Å²) >= 11 is 0. The summed E-state index contributed by atoms with van der Waals surface area (Å²) in [6.45, 7) is 0. The Hall–Kier alpha value is -0.940. The largest absolute Gasteiger partial charge is 0.370 e. The van der Waals surface area contributed by atoms with Crippen LogP contribution in [0.25, 0.3) is 0 Å². The number of hydrogen-bond acceptors (Lipinski definition) is 5. The SMILES string of the molecule is COC1(c2noc(C3CCCCCC3N)n2)CCC1. The van der Waals surface area contributed by atoms with Crippen molar-refractivity contribution < 1.29 is 9.26 Å². The molecule has 3 rings (SSSR count). The van der Waals surface area contributed by atoms with E-state index in [1.807, 2.05) is 0 Å². The fourth-order valence-corrected chi connectivity index (χ4v) is 3.23. The normalized spacial score (nSPS) is 30.6. The first-order chi connectivity index (χ1) is 9.25. The van der Waals surface area contributed by atoms with Crippen molar-refractivity contribution in [2.45, 2.75) is 68.9 Å². The third-order valence-corrected chi connectivity index (χ3v) is 4.79. The van der Waals surface area contributed by atoms with Gasteiger partial charge in [0.1, 0.15) is 5.60 Å². The first-order valence-corrected chi connectivity index (χ1v) is 7.40. The highest BCUT2D eigenvalue weighted by molar-refractivity contribution is 5.09. The maximum Gasteiger partial charge on any atom is 0.231 e. The van der Waals surface area contributed by atoms with Crippen LogP contribution in [0.1, 0.15) is 69.0 Å². The van der Waals surface area contributed by atoms with E-state index >= 15 is 0 Å². The minimum absolute atomic E-state index is 0.149. The van der Waals surface area contributed by atoms with Gasteiger partial charge in [0.05, 0.1) is 5.92 Å². The first-order valence-electron chi connectivity index (χ1n) is 7.40. The van der Waals surface area contributed by atoms with Gasteiger partial charge in [-0.25, -0.2) is 0 Å². The van der Waals surface area contributed by atoms with Gasteiger partial charge in [-0.1, -0.05) is 24.4 Å². The molecular formula is C14H23N3O2. The van der Waals surface area contributed by atoms with Crippen LogP contribution in [-0.2, 0) is 10.3 Å². The Labute approximate surface area is 113 Å². The standard InChI is InChI=1S/C14H23N3O2/c1-18-14(8-5-9-14)13-16-12(19-17-13)10-6-3-2-4-7-11(10)15/h10-11H,2-9,15H2,1H3. The summed E-state index contributed by atoms with van der Waals surface area (Å²) in [5.74, 6) is 1.65. The number of nitrogens with zero attached hydrogens (tertiary/aromatic N) is 2. The van der Waals surface area contributed by atoms with Gasteiger partial charge in [-0.15, -0.1) is 0 Å². The molecule has 5 heteroatoms. The molecule has 106 valence electrons. The van der Waals surface area contributed by atoms with Gasteiger partial charge < -0.3 is 15.0 Å². The van der Waals surface area contributed by atoms with E-state index in [0.29, 0.717) is 11.7 Å². The van der Waals surface area contributed by atoms with Crippen molar-refractivity contribution in [3.63, 3.8) is 0 Å². The maximum absolute atomic E-state index is 6.25. The third kappa shape index (κ3) is 2.30. The Bertz CT molecular complexity index is 423. The highest BCUT2D eigenvalue weighted by Gasteiger charge is 2.44. The molecule has 1 heterocycles. The number of aromatic nitrogens is 2. The van der Waals surface area contributed by atoms with Gasteiger partial charge in [-0.3, -0.25) is 0 Å². The topological polar surface area (TPSA) is 74.2 Å². The molecule has 0 bridgehead atoms. The molecule has 2 atom stereocenters. The third-order valence-electron chi connectivity index (χ3n) is 4.79. The predicted molar refractivity (Wildman–Crippen MR) is 70.6 cm³/mol. The molecule has 1 aromatic rings. The Morgan fingerprint density at radius 1 is 1.21 bits per heavy atom. The van der Waals surface area contributed by atoms with Crippen LogP contribution in [0.2, 0.25) is 0 Å². The molecule has 0 aliphatic heterocycles. The van der Waals surface area contributed by atoms with Crippen LogP contribution in [0, 0.1) is 0 Å². The lowest BCUT2D eigenvalue weighted by Gasteiger charge is -2.37. The molecular weight excluding hydrogens is 242 g/mol. The monoisotopic (exact) mass is 265 g/mol. The van der Waals surface area contributed by atoms with Gasteiger partial charge >= 0.3 is 0 Å². The van der Waals surface area contributed by atoms with Gasteiger partial charge in [0, 0.05) is 13.2 Å². The van der Waals surface area contributed by atoms with Crippen molar-refractivity contribution in [1.82, 2.24) is 10.1 Å². The van der Waals surface area contributed by atoms with Crippen LogP contribution in [0.15, 0.2) is 4.52 Å². The summed E-state index contributed by atoms with van der Waals surface area (Å²) in [5.41, 5.74) is 5.95. The minimum Gasteiger partial charge on any atom is -0.370 e. The number of hydrogen-bond donors (Lipinski definition) is 1. The summed E-state index contributed by atoms with van der Waals surface area (Å²) in [7, 11) is 1.73. The number of nitrogens with two attached hydrogens (primary N) is 1. The molecule has 2 fully saturated rings. The molecule has 0 aromatic carbocycles. The van der Waals surface area contributed by atoms with Crippen molar-refractivity contribution in [3.05, 3.63) is 11.7 Å². The molecule has 5 nitrogen and oxygen atoms in total. The molecule has 1 aromatic heterocycles. The molecule has 2 saturated carbocycles. The lowest BCUT2D eigenvalue weighted by molar-refractivity contribution is -0.0858. The van der Waals surface area contributed by atoms with Crippen molar-refractivity contribution in [1.29, 1.82) is 0 Å². The van der Waals surface area contributed by atoms with Gasteiger partial charge in [0.25, 0.3) is 0 Å². The van der Waals surface area contributed by atoms with Gasteiger partial charge in [-0.05, 0) is 32.1 Å². The van der Waals surface area contributed by atoms with Crippen LogP contribution in [0.3, 0.4) is 0 Å². The fraction of sp³-hybridized carbons (Fsp3) is 0.857. The van der Waals surface area contributed by atoms with Gasteiger partial charge in [-0.2, -0.15) is 4.98 Å². The van der Waals surface area contributed by atoms with Gasteiger partial charge in [0.2, 0.25) is 11.7 Å². The molecule has 0 radical (unpaired) electrons. The van der Waals surface area contributed by atoms with E-state index in [1.165, 1.54) is 25.7 Å². The second kappa shape index (κ2) is 5.21. The minimum atomic E-state index is -0.295.